The lowest BCUT2D eigenvalue weighted by Crippen LogP contribution is -2.21. The van der Waals surface area contributed by atoms with Gasteiger partial charge in [-0.3, -0.25) is 15.1 Å². The van der Waals surface area contributed by atoms with Crippen molar-refractivity contribution >= 4 is 23.4 Å². The first-order chi connectivity index (χ1) is 17.8. The summed E-state index contributed by atoms with van der Waals surface area (Å²) in [6.45, 7) is 6.29. The summed E-state index contributed by atoms with van der Waals surface area (Å²) < 4.78 is 7.57. The van der Waals surface area contributed by atoms with Crippen LogP contribution in [-0.4, -0.2) is 33.8 Å². The number of hydrogen-bond acceptors (Lipinski definition) is 5. The Kier molecular flexibility index (Phi) is 7.83. The minimum atomic E-state index is -0.386. The molecule has 0 saturated carbocycles. The van der Waals surface area contributed by atoms with E-state index in [0.29, 0.717) is 28.9 Å². The van der Waals surface area contributed by atoms with Crippen molar-refractivity contribution in [2.75, 3.05) is 17.7 Å². The van der Waals surface area contributed by atoms with Crippen LogP contribution >= 0.6 is 0 Å². The molecule has 3 amide bonds. The van der Waals surface area contributed by atoms with Crippen LogP contribution in [0.2, 0.25) is 0 Å². The van der Waals surface area contributed by atoms with E-state index >= 15 is 0 Å². The number of aryl methyl sites for hydroxylation is 1. The Hall–Kier alpha value is -4.66. The van der Waals surface area contributed by atoms with Gasteiger partial charge in [0.25, 0.3) is 5.91 Å². The zero-order valence-electron chi connectivity index (χ0n) is 21.3. The highest BCUT2D eigenvalue weighted by molar-refractivity contribution is 5.99. The summed E-state index contributed by atoms with van der Waals surface area (Å²) in [5, 5.41) is 13.0. The number of anilines is 2. The molecule has 9 heteroatoms. The Bertz CT molecular complexity index is 1400. The number of hydrogen-bond donors (Lipinski definition) is 3. The number of carbonyl (C=O) groups excluding carboxylic acids is 2. The molecule has 2 heterocycles. The van der Waals surface area contributed by atoms with Gasteiger partial charge in [0.2, 0.25) is 0 Å². The smallest absolute Gasteiger partial charge is 0.324 e. The third-order valence-electron chi connectivity index (χ3n) is 5.40. The summed E-state index contributed by atoms with van der Waals surface area (Å²) >= 11 is 0. The van der Waals surface area contributed by atoms with E-state index in [1.165, 1.54) is 6.20 Å². The second kappa shape index (κ2) is 11.4. The fourth-order valence-corrected chi connectivity index (χ4v) is 3.74. The van der Waals surface area contributed by atoms with Crippen molar-refractivity contribution < 1.29 is 14.3 Å². The number of aromatic nitrogens is 3. The van der Waals surface area contributed by atoms with Crippen molar-refractivity contribution in [2.45, 2.75) is 27.2 Å². The number of nitrogens with one attached hydrogen (secondary N) is 3. The number of rotatable bonds is 8. The summed E-state index contributed by atoms with van der Waals surface area (Å²) in [5.41, 5.74) is 3.74. The van der Waals surface area contributed by atoms with Gasteiger partial charge in [-0.2, -0.15) is 5.10 Å². The van der Waals surface area contributed by atoms with Crippen LogP contribution in [0, 0.1) is 12.8 Å². The second-order valence-corrected chi connectivity index (χ2v) is 9.03. The highest BCUT2D eigenvalue weighted by Crippen LogP contribution is 2.24. The first kappa shape index (κ1) is 25.4. The quantitative estimate of drug-likeness (QED) is 0.294. The number of carbonyl (C=O) groups is 2. The van der Waals surface area contributed by atoms with Crippen molar-refractivity contribution in [1.29, 1.82) is 0 Å². The molecule has 4 aromatic rings. The van der Waals surface area contributed by atoms with E-state index in [9.17, 15) is 9.59 Å². The zero-order valence-corrected chi connectivity index (χ0v) is 21.3. The molecule has 0 aliphatic rings. The molecule has 0 bridgehead atoms. The van der Waals surface area contributed by atoms with Gasteiger partial charge in [0.1, 0.15) is 23.0 Å². The van der Waals surface area contributed by atoms with Crippen LogP contribution in [-0.2, 0) is 6.42 Å². The predicted octanol–water partition coefficient (Wildman–Crippen LogP) is 5.57. The van der Waals surface area contributed by atoms with Gasteiger partial charge in [0, 0.05) is 31.1 Å². The number of nitrogens with zero attached hydrogens (tertiary/aromatic N) is 3. The van der Waals surface area contributed by atoms with Crippen LogP contribution in [0.25, 0.3) is 5.69 Å². The Morgan fingerprint density at radius 2 is 1.76 bits per heavy atom. The van der Waals surface area contributed by atoms with Crippen molar-refractivity contribution in [3.05, 3.63) is 89.9 Å². The van der Waals surface area contributed by atoms with Crippen molar-refractivity contribution in [3.8, 4) is 17.2 Å². The number of pyridine rings is 1. The van der Waals surface area contributed by atoms with Crippen molar-refractivity contribution in [3.63, 3.8) is 0 Å². The van der Waals surface area contributed by atoms with E-state index in [2.05, 4.69) is 34.8 Å². The molecule has 0 saturated heterocycles. The standard InChI is InChI=1S/C28H30N6O3/c1-18(2)14-21-16-26(34(33-21)22-7-5-6-19(3)15-22)32-28(36)31-20-8-10-23(11-9-20)37-24-12-13-30-25(17-24)27(35)29-4/h5-13,15-18H,14H2,1-4H3,(H,29,35)(H2,31,32,36). The van der Waals surface area contributed by atoms with Gasteiger partial charge in [-0.15, -0.1) is 0 Å². The third-order valence-corrected chi connectivity index (χ3v) is 5.40. The minimum Gasteiger partial charge on any atom is -0.457 e. The molecule has 0 unspecified atom stereocenters. The monoisotopic (exact) mass is 498 g/mol. The van der Waals surface area contributed by atoms with Gasteiger partial charge in [0.05, 0.1) is 11.4 Å². The topological polar surface area (TPSA) is 110 Å². The van der Waals surface area contributed by atoms with E-state index in [0.717, 1.165) is 23.4 Å². The molecular weight excluding hydrogens is 468 g/mol. The molecule has 3 N–H and O–H groups in total. The number of amides is 3. The maximum absolute atomic E-state index is 12.8. The normalized spacial score (nSPS) is 10.7. The summed E-state index contributed by atoms with van der Waals surface area (Å²) in [5.74, 6) is 1.76. The molecule has 190 valence electrons. The molecule has 37 heavy (non-hydrogen) atoms. The molecule has 0 radical (unpaired) electrons. The van der Waals surface area contributed by atoms with Crippen LogP contribution in [0.4, 0.5) is 16.3 Å². The van der Waals surface area contributed by atoms with E-state index in [1.807, 2.05) is 37.3 Å². The largest absolute Gasteiger partial charge is 0.457 e. The number of urea groups is 1. The fraction of sp³-hybridized carbons (Fsp3) is 0.214. The summed E-state index contributed by atoms with van der Waals surface area (Å²) in [6.07, 6.45) is 2.31. The Morgan fingerprint density at radius 3 is 2.46 bits per heavy atom. The average molecular weight is 499 g/mol. The molecule has 2 aromatic heterocycles. The third kappa shape index (κ3) is 6.72. The molecule has 2 aromatic carbocycles. The van der Waals surface area contributed by atoms with Gasteiger partial charge >= 0.3 is 6.03 Å². The Balaban J connectivity index is 1.44. The van der Waals surface area contributed by atoms with Crippen LogP contribution < -0.4 is 20.7 Å². The van der Waals surface area contributed by atoms with Gasteiger partial charge in [-0.1, -0.05) is 26.0 Å². The van der Waals surface area contributed by atoms with Crippen LogP contribution in [0.1, 0.15) is 35.6 Å². The lowest BCUT2D eigenvalue weighted by molar-refractivity contribution is 0.0958. The first-order valence-electron chi connectivity index (χ1n) is 12.0. The summed E-state index contributed by atoms with van der Waals surface area (Å²) in [4.78, 5) is 28.6. The van der Waals surface area contributed by atoms with E-state index < -0.39 is 0 Å². The lowest BCUT2D eigenvalue weighted by Gasteiger charge is -2.11. The average Bonchev–Trinajstić information content (AvgIpc) is 3.26. The van der Waals surface area contributed by atoms with Crippen LogP contribution in [0.5, 0.6) is 11.5 Å². The Morgan fingerprint density at radius 1 is 0.973 bits per heavy atom. The molecule has 0 aliphatic heterocycles. The lowest BCUT2D eigenvalue weighted by atomic mass is 10.1. The highest BCUT2D eigenvalue weighted by atomic mass is 16.5. The molecule has 0 spiro atoms. The minimum absolute atomic E-state index is 0.261. The zero-order chi connectivity index (χ0) is 26.4. The van der Waals surface area contributed by atoms with Crippen LogP contribution in [0.3, 0.4) is 0 Å². The van der Waals surface area contributed by atoms with E-state index in [-0.39, 0.29) is 17.6 Å². The highest BCUT2D eigenvalue weighted by Gasteiger charge is 2.14. The SMILES string of the molecule is CNC(=O)c1cc(Oc2ccc(NC(=O)Nc3cc(CC(C)C)nn3-c3cccc(C)c3)cc2)ccn1. The maximum atomic E-state index is 12.8. The van der Waals surface area contributed by atoms with E-state index in [4.69, 9.17) is 9.84 Å². The van der Waals surface area contributed by atoms with Gasteiger partial charge in [0.15, 0.2) is 0 Å². The van der Waals surface area contributed by atoms with Crippen molar-refractivity contribution in [2.24, 2.45) is 5.92 Å². The molecule has 0 aliphatic carbocycles. The fourth-order valence-electron chi connectivity index (χ4n) is 3.74. The molecule has 0 fully saturated rings. The van der Waals surface area contributed by atoms with Gasteiger partial charge in [-0.25, -0.2) is 9.48 Å². The maximum Gasteiger partial charge on any atom is 0.324 e. The predicted molar refractivity (Wildman–Crippen MR) is 144 cm³/mol. The number of benzene rings is 2. The van der Waals surface area contributed by atoms with Crippen molar-refractivity contribution in [1.82, 2.24) is 20.1 Å². The first-order valence-corrected chi connectivity index (χ1v) is 12.0. The van der Waals surface area contributed by atoms with Gasteiger partial charge < -0.3 is 15.4 Å². The summed E-state index contributed by atoms with van der Waals surface area (Å²) in [7, 11) is 1.54. The molecule has 9 nitrogen and oxygen atoms in total. The van der Waals surface area contributed by atoms with Crippen LogP contribution in [0.15, 0.2) is 72.9 Å². The molecule has 0 atom stereocenters. The second-order valence-electron chi connectivity index (χ2n) is 9.03. The Labute approximate surface area is 215 Å². The van der Waals surface area contributed by atoms with Gasteiger partial charge in [-0.05, 0) is 67.3 Å². The molecular formula is C28H30N6O3. The number of ether oxygens (including phenoxy) is 1. The van der Waals surface area contributed by atoms with E-state index in [1.54, 1.807) is 48.1 Å². The molecule has 4 rings (SSSR count). The summed E-state index contributed by atoms with van der Waals surface area (Å²) in [6, 6.07) is 19.6.